The van der Waals surface area contributed by atoms with E-state index in [0.29, 0.717) is 12.5 Å². The Morgan fingerprint density at radius 1 is 1.12 bits per heavy atom. The van der Waals surface area contributed by atoms with Gasteiger partial charge in [0, 0.05) is 12.5 Å². The average Bonchev–Trinajstić information content (AvgIpc) is 3.03. The molecule has 1 saturated carbocycles. The van der Waals surface area contributed by atoms with Crippen LogP contribution in [0.1, 0.15) is 55.0 Å². The highest BCUT2D eigenvalue weighted by Gasteiger charge is 2.21. The molecule has 2 aromatic heterocycles. The molecule has 4 rings (SSSR count). The van der Waals surface area contributed by atoms with Crippen LogP contribution in [-0.2, 0) is 6.54 Å². The zero-order valence-electron chi connectivity index (χ0n) is 14.4. The van der Waals surface area contributed by atoms with E-state index < -0.39 is 0 Å². The molecular weight excluding hydrogens is 333 g/mol. The maximum Gasteiger partial charge on any atom is 0.139 e. The van der Waals surface area contributed by atoms with Gasteiger partial charge in [0.1, 0.15) is 22.3 Å². The van der Waals surface area contributed by atoms with Crippen LogP contribution in [0.4, 0.5) is 10.2 Å². The average molecular weight is 355 g/mol. The summed E-state index contributed by atoms with van der Waals surface area (Å²) >= 11 is 1.69. The van der Waals surface area contributed by atoms with Crippen molar-refractivity contribution in [2.75, 3.05) is 5.32 Å². The van der Waals surface area contributed by atoms with Crippen LogP contribution in [0.2, 0.25) is 0 Å². The summed E-state index contributed by atoms with van der Waals surface area (Å²) in [4.78, 5) is 10.8. The van der Waals surface area contributed by atoms with Gasteiger partial charge < -0.3 is 5.32 Å². The van der Waals surface area contributed by atoms with Gasteiger partial charge in [-0.1, -0.05) is 31.4 Å². The molecule has 1 aliphatic rings. The van der Waals surface area contributed by atoms with Crippen LogP contribution in [-0.4, -0.2) is 9.97 Å². The van der Waals surface area contributed by atoms with Crippen molar-refractivity contribution < 1.29 is 4.39 Å². The van der Waals surface area contributed by atoms with E-state index in [1.165, 1.54) is 49.8 Å². The summed E-state index contributed by atoms with van der Waals surface area (Å²) < 4.78 is 13.1. The number of aromatic nitrogens is 2. The molecule has 0 atom stereocenters. The number of nitrogens with one attached hydrogen (secondary N) is 1. The Morgan fingerprint density at radius 2 is 1.88 bits per heavy atom. The minimum Gasteiger partial charge on any atom is -0.365 e. The molecule has 1 aromatic carbocycles. The molecule has 1 N–H and O–H groups in total. The highest BCUT2D eigenvalue weighted by atomic mass is 32.1. The van der Waals surface area contributed by atoms with Gasteiger partial charge >= 0.3 is 0 Å². The van der Waals surface area contributed by atoms with Crippen LogP contribution < -0.4 is 5.32 Å². The Balaban J connectivity index is 1.65. The molecule has 25 heavy (non-hydrogen) atoms. The third-order valence-corrected chi connectivity index (χ3v) is 5.97. The van der Waals surface area contributed by atoms with E-state index in [-0.39, 0.29) is 5.82 Å². The molecule has 130 valence electrons. The molecule has 0 amide bonds. The molecule has 0 aliphatic heterocycles. The zero-order valence-corrected chi connectivity index (χ0v) is 15.2. The number of fused-ring (bicyclic) bond motifs is 1. The van der Waals surface area contributed by atoms with Gasteiger partial charge in [0.05, 0.1) is 5.39 Å². The van der Waals surface area contributed by atoms with Crippen LogP contribution in [0.3, 0.4) is 0 Å². The summed E-state index contributed by atoms with van der Waals surface area (Å²) in [6.07, 6.45) is 6.24. The summed E-state index contributed by atoms with van der Waals surface area (Å²) in [5.41, 5.74) is 2.25. The summed E-state index contributed by atoms with van der Waals surface area (Å²) in [6.45, 7) is 2.73. The van der Waals surface area contributed by atoms with E-state index in [1.54, 1.807) is 11.3 Å². The lowest BCUT2D eigenvalue weighted by Crippen LogP contribution is -2.11. The third-order valence-electron chi connectivity index (χ3n) is 4.98. The Bertz CT molecular complexity index is 867. The number of rotatable bonds is 4. The minimum atomic E-state index is -0.207. The number of halogens is 1. The van der Waals surface area contributed by atoms with Gasteiger partial charge in [-0.2, -0.15) is 0 Å². The molecule has 0 radical (unpaired) electrons. The van der Waals surface area contributed by atoms with Crippen LogP contribution in [0.25, 0.3) is 10.2 Å². The predicted octanol–water partition coefficient (Wildman–Crippen LogP) is 5.80. The van der Waals surface area contributed by atoms with E-state index in [9.17, 15) is 4.39 Å². The quantitative estimate of drug-likeness (QED) is 0.643. The Labute approximate surface area is 151 Å². The lowest BCUT2D eigenvalue weighted by atomic mass is 9.88. The van der Waals surface area contributed by atoms with Gasteiger partial charge in [0.25, 0.3) is 0 Å². The van der Waals surface area contributed by atoms with E-state index in [0.717, 1.165) is 27.4 Å². The Morgan fingerprint density at radius 3 is 2.64 bits per heavy atom. The van der Waals surface area contributed by atoms with Crippen LogP contribution in [0.5, 0.6) is 0 Å². The van der Waals surface area contributed by atoms with Gasteiger partial charge in [-0.05, 0) is 48.4 Å². The molecule has 0 bridgehead atoms. The number of hydrogen-bond donors (Lipinski definition) is 1. The summed E-state index contributed by atoms with van der Waals surface area (Å²) in [5.74, 6) is 2.16. The molecule has 0 saturated heterocycles. The van der Waals surface area contributed by atoms with E-state index >= 15 is 0 Å². The normalized spacial score (nSPS) is 15.6. The number of anilines is 1. The minimum absolute atomic E-state index is 0.207. The summed E-state index contributed by atoms with van der Waals surface area (Å²) in [6, 6.07) is 6.61. The maximum atomic E-state index is 13.1. The fourth-order valence-electron chi connectivity index (χ4n) is 3.56. The fraction of sp³-hybridized carbons (Fsp3) is 0.400. The molecule has 0 unspecified atom stereocenters. The summed E-state index contributed by atoms with van der Waals surface area (Å²) in [7, 11) is 0. The number of nitrogens with zero attached hydrogens (tertiary/aromatic N) is 2. The van der Waals surface area contributed by atoms with Crippen molar-refractivity contribution in [3.05, 3.63) is 52.4 Å². The zero-order chi connectivity index (χ0) is 17.2. The van der Waals surface area contributed by atoms with Crippen LogP contribution >= 0.6 is 11.3 Å². The highest BCUT2D eigenvalue weighted by molar-refractivity contribution is 7.17. The second-order valence-corrected chi connectivity index (χ2v) is 7.70. The first-order chi connectivity index (χ1) is 12.2. The van der Waals surface area contributed by atoms with Crippen LogP contribution in [0.15, 0.2) is 29.6 Å². The molecular formula is C20H22FN3S. The van der Waals surface area contributed by atoms with E-state index in [2.05, 4.69) is 17.6 Å². The number of benzene rings is 1. The largest absolute Gasteiger partial charge is 0.365 e. The second kappa shape index (κ2) is 7.08. The number of aryl methyl sites for hydroxylation is 1. The molecule has 1 fully saturated rings. The first-order valence-corrected chi connectivity index (χ1v) is 9.83. The molecule has 1 aliphatic carbocycles. The lowest BCUT2D eigenvalue weighted by molar-refractivity contribution is 0.430. The van der Waals surface area contributed by atoms with Gasteiger partial charge in [-0.15, -0.1) is 11.3 Å². The van der Waals surface area contributed by atoms with E-state index in [4.69, 9.17) is 9.97 Å². The van der Waals surface area contributed by atoms with Crippen LogP contribution in [0, 0.1) is 12.7 Å². The number of hydrogen-bond acceptors (Lipinski definition) is 4. The standard InChI is InChI=1S/C20H22FN3S/c1-13-12-25-20-17(13)19(22-11-14-7-9-16(21)10-8-14)23-18(24-20)15-5-3-2-4-6-15/h7-10,12,15H,2-6,11H2,1H3,(H,22,23,24). The Hall–Kier alpha value is -2.01. The van der Waals surface area contributed by atoms with Crippen molar-refractivity contribution in [2.24, 2.45) is 0 Å². The van der Waals surface area contributed by atoms with Gasteiger partial charge in [0.2, 0.25) is 0 Å². The first kappa shape index (κ1) is 16.5. The lowest BCUT2D eigenvalue weighted by Gasteiger charge is -2.21. The number of thiophene rings is 1. The second-order valence-electron chi connectivity index (χ2n) is 6.84. The highest BCUT2D eigenvalue weighted by Crippen LogP contribution is 2.35. The first-order valence-electron chi connectivity index (χ1n) is 8.95. The topological polar surface area (TPSA) is 37.8 Å². The smallest absolute Gasteiger partial charge is 0.139 e. The molecule has 0 spiro atoms. The van der Waals surface area contributed by atoms with Gasteiger partial charge in [-0.25, -0.2) is 14.4 Å². The third kappa shape index (κ3) is 3.52. The van der Waals surface area contributed by atoms with Gasteiger partial charge in [0.15, 0.2) is 0 Å². The molecule has 2 heterocycles. The SMILES string of the molecule is Cc1csc2nc(C3CCCCC3)nc(NCc3ccc(F)cc3)c12. The monoisotopic (exact) mass is 355 g/mol. The molecule has 5 heteroatoms. The van der Waals surface area contributed by atoms with Gasteiger partial charge in [-0.3, -0.25) is 0 Å². The summed E-state index contributed by atoms with van der Waals surface area (Å²) in [5, 5.41) is 6.73. The fourth-order valence-corrected chi connectivity index (χ4v) is 4.49. The molecule has 3 nitrogen and oxygen atoms in total. The van der Waals surface area contributed by atoms with E-state index in [1.807, 2.05) is 12.1 Å². The van der Waals surface area contributed by atoms with Crippen molar-refractivity contribution in [1.29, 1.82) is 0 Å². The maximum absolute atomic E-state index is 13.1. The van der Waals surface area contributed by atoms with Crippen molar-refractivity contribution in [2.45, 2.75) is 51.5 Å². The van der Waals surface area contributed by atoms with Crippen molar-refractivity contribution in [1.82, 2.24) is 9.97 Å². The van der Waals surface area contributed by atoms with Crippen molar-refractivity contribution >= 4 is 27.4 Å². The van der Waals surface area contributed by atoms with Crippen molar-refractivity contribution in [3.63, 3.8) is 0 Å². The Kier molecular flexibility index (Phi) is 4.66. The van der Waals surface area contributed by atoms with Crippen molar-refractivity contribution in [3.8, 4) is 0 Å². The molecule has 3 aromatic rings. The predicted molar refractivity (Wildman–Crippen MR) is 102 cm³/mol.